The predicted octanol–water partition coefficient (Wildman–Crippen LogP) is 1.68. The van der Waals surface area contributed by atoms with Crippen LogP contribution in [0.2, 0.25) is 0 Å². The number of hydrogen-bond acceptors (Lipinski definition) is 6. The highest BCUT2D eigenvalue weighted by Crippen LogP contribution is 2.24. The zero-order chi connectivity index (χ0) is 20.1. The second-order valence-corrected chi connectivity index (χ2v) is 7.42. The van der Waals surface area contributed by atoms with Crippen LogP contribution >= 0.6 is 0 Å². The first kappa shape index (κ1) is 25.3. The Bertz CT molecular complexity index is 372. The zero-order valence-corrected chi connectivity index (χ0v) is 16.2. The summed E-state index contributed by atoms with van der Waals surface area (Å²) >= 11 is 0. The molecule has 156 valence electrons. The molecule has 0 fully saturated rings. The van der Waals surface area contributed by atoms with Crippen LogP contribution in [-0.2, 0) is 4.79 Å². The molecule has 0 aromatic carbocycles. The third-order valence-electron chi connectivity index (χ3n) is 4.86. The monoisotopic (exact) mass is 377 g/mol. The first-order chi connectivity index (χ1) is 12.1. The van der Waals surface area contributed by atoms with Crippen LogP contribution in [0, 0.1) is 0 Å². The second kappa shape index (κ2) is 13.4. The van der Waals surface area contributed by atoms with Gasteiger partial charge in [0.15, 0.2) is 5.60 Å². The lowest BCUT2D eigenvalue weighted by molar-refractivity contribution is -0.328. The van der Waals surface area contributed by atoms with Crippen molar-refractivity contribution in [3.8, 4) is 0 Å². The molecular formula is C19H39NO6. The molecule has 0 saturated heterocycles. The molecule has 7 N–H and O–H groups in total. The quantitative estimate of drug-likeness (QED) is 0.168. The van der Waals surface area contributed by atoms with Gasteiger partial charge in [0.2, 0.25) is 0 Å². The molecule has 0 aliphatic heterocycles. The number of aliphatic hydroxyl groups is 5. The van der Waals surface area contributed by atoms with Crippen molar-refractivity contribution in [2.75, 3.05) is 0 Å². The number of aliphatic hydroxyl groups excluding tert-OH is 1. The SMILES string of the molecule is CCCCCCCCCCCCCCC(O)(C(N)=O)C(O)CC(O)(O)O. The fourth-order valence-electron chi connectivity index (χ4n) is 3.12. The molecule has 0 aliphatic rings. The van der Waals surface area contributed by atoms with Gasteiger partial charge in [-0.15, -0.1) is 0 Å². The van der Waals surface area contributed by atoms with Gasteiger partial charge in [0.05, 0.1) is 12.5 Å². The summed E-state index contributed by atoms with van der Waals surface area (Å²) < 4.78 is 0. The van der Waals surface area contributed by atoms with Gasteiger partial charge in [-0.25, -0.2) is 0 Å². The summed E-state index contributed by atoms with van der Waals surface area (Å²) in [5.74, 6) is -4.31. The van der Waals surface area contributed by atoms with Crippen molar-refractivity contribution in [3.05, 3.63) is 0 Å². The maximum Gasteiger partial charge on any atom is 0.277 e. The Hall–Kier alpha value is -0.730. The number of unbranched alkanes of at least 4 members (excludes halogenated alkanes) is 11. The Balaban J connectivity index is 3.86. The van der Waals surface area contributed by atoms with Crippen LogP contribution in [-0.4, -0.2) is 49.1 Å². The highest BCUT2D eigenvalue weighted by Gasteiger charge is 2.44. The summed E-state index contributed by atoms with van der Waals surface area (Å²) in [7, 11) is 0. The van der Waals surface area contributed by atoms with Crippen LogP contribution in [0.4, 0.5) is 0 Å². The number of carbonyl (C=O) groups excluding carboxylic acids is 1. The van der Waals surface area contributed by atoms with Crippen LogP contribution in [0.15, 0.2) is 0 Å². The normalized spacial score (nSPS) is 15.6. The lowest BCUT2D eigenvalue weighted by Crippen LogP contribution is -2.55. The molecule has 7 heteroatoms. The van der Waals surface area contributed by atoms with E-state index in [2.05, 4.69) is 6.92 Å². The van der Waals surface area contributed by atoms with Crippen LogP contribution < -0.4 is 5.73 Å². The van der Waals surface area contributed by atoms with Crippen molar-refractivity contribution < 1.29 is 30.3 Å². The molecular weight excluding hydrogens is 338 g/mol. The Morgan fingerprint density at radius 2 is 1.19 bits per heavy atom. The largest absolute Gasteiger partial charge is 0.389 e. The van der Waals surface area contributed by atoms with E-state index < -0.39 is 30.0 Å². The average Bonchev–Trinajstić information content (AvgIpc) is 2.53. The van der Waals surface area contributed by atoms with E-state index in [9.17, 15) is 15.0 Å². The highest BCUT2D eigenvalue weighted by molar-refractivity contribution is 5.83. The zero-order valence-electron chi connectivity index (χ0n) is 16.2. The summed E-state index contributed by atoms with van der Waals surface area (Å²) in [6, 6.07) is 0. The maximum absolute atomic E-state index is 11.4. The Morgan fingerprint density at radius 1 is 0.808 bits per heavy atom. The lowest BCUT2D eigenvalue weighted by Gasteiger charge is -2.32. The molecule has 0 aliphatic carbocycles. The van der Waals surface area contributed by atoms with Crippen molar-refractivity contribution in [1.29, 1.82) is 0 Å². The molecule has 0 aromatic rings. The number of rotatable bonds is 17. The molecule has 0 radical (unpaired) electrons. The summed E-state index contributed by atoms with van der Waals surface area (Å²) in [5, 5.41) is 46.7. The van der Waals surface area contributed by atoms with Gasteiger partial charge < -0.3 is 31.3 Å². The van der Waals surface area contributed by atoms with Crippen molar-refractivity contribution >= 4 is 5.91 Å². The van der Waals surface area contributed by atoms with Crippen molar-refractivity contribution in [2.24, 2.45) is 5.73 Å². The average molecular weight is 378 g/mol. The van der Waals surface area contributed by atoms with Gasteiger partial charge in [-0.05, 0) is 12.8 Å². The van der Waals surface area contributed by atoms with Crippen molar-refractivity contribution in [3.63, 3.8) is 0 Å². The van der Waals surface area contributed by atoms with Gasteiger partial charge in [0.1, 0.15) is 0 Å². The van der Waals surface area contributed by atoms with E-state index in [0.717, 1.165) is 19.3 Å². The molecule has 0 rings (SSSR count). The van der Waals surface area contributed by atoms with Gasteiger partial charge in [-0.3, -0.25) is 4.79 Å². The van der Waals surface area contributed by atoms with E-state index in [0.29, 0.717) is 6.42 Å². The van der Waals surface area contributed by atoms with E-state index in [1.54, 1.807) is 0 Å². The first-order valence-corrected chi connectivity index (χ1v) is 10.0. The van der Waals surface area contributed by atoms with Gasteiger partial charge in [-0.1, -0.05) is 77.6 Å². The van der Waals surface area contributed by atoms with Crippen LogP contribution in [0.25, 0.3) is 0 Å². The minimum Gasteiger partial charge on any atom is -0.389 e. The molecule has 2 atom stereocenters. The summed E-state index contributed by atoms with van der Waals surface area (Å²) in [6.45, 7) is 2.21. The number of amides is 1. The van der Waals surface area contributed by atoms with E-state index in [1.807, 2.05) is 0 Å². The molecule has 0 spiro atoms. The van der Waals surface area contributed by atoms with Crippen molar-refractivity contribution in [2.45, 2.75) is 114 Å². The van der Waals surface area contributed by atoms with Crippen LogP contribution in [0.3, 0.4) is 0 Å². The van der Waals surface area contributed by atoms with Crippen molar-refractivity contribution in [1.82, 2.24) is 0 Å². The van der Waals surface area contributed by atoms with Gasteiger partial charge >= 0.3 is 0 Å². The third-order valence-corrected chi connectivity index (χ3v) is 4.86. The Morgan fingerprint density at radius 3 is 1.54 bits per heavy atom. The molecule has 0 bridgehead atoms. The maximum atomic E-state index is 11.4. The smallest absolute Gasteiger partial charge is 0.277 e. The fourth-order valence-corrected chi connectivity index (χ4v) is 3.12. The number of carbonyl (C=O) groups is 1. The first-order valence-electron chi connectivity index (χ1n) is 10.0. The topological polar surface area (TPSA) is 144 Å². The van der Waals surface area contributed by atoms with Crippen LogP contribution in [0.5, 0.6) is 0 Å². The summed E-state index contributed by atoms with van der Waals surface area (Å²) in [4.78, 5) is 11.4. The minimum absolute atomic E-state index is 0.0863. The van der Waals surface area contributed by atoms with Gasteiger partial charge in [0.25, 0.3) is 11.9 Å². The molecule has 1 amide bonds. The second-order valence-electron chi connectivity index (χ2n) is 7.42. The van der Waals surface area contributed by atoms with Gasteiger partial charge in [-0.2, -0.15) is 0 Å². The number of primary amides is 1. The molecule has 0 aromatic heterocycles. The van der Waals surface area contributed by atoms with E-state index in [4.69, 9.17) is 21.1 Å². The lowest BCUT2D eigenvalue weighted by atomic mass is 9.87. The summed E-state index contributed by atoms with van der Waals surface area (Å²) in [5.41, 5.74) is 2.86. The molecule has 2 unspecified atom stereocenters. The van der Waals surface area contributed by atoms with E-state index in [-0.39, 0.29) is 6.42 Å². The number of nitrogens with two attached hydrogens (primary N) is 1. The predicted molar refractivity (Wildman–Crippen MR) is 99.9 cm³/mol. The molecule has 0 heterocycles. The molecule has 7 nitrogen and oxygen atoms in total. The third kappa shape index (κ3) is 11.8. The Labute approximate surface area is 157 Å². The highest BCUT2D eigenvalue weighted by atomic mass is 16.7. The summed E-state index contributed by atoms with van der Waals surface area (Å²) in [6.07, 6.45) is 10.6. The molecule has 0 saturated carbocycles. The van der Waals surface area contributed by atoms with Gasteiger partial charge in [0, 0.05) is 0 Å². The minimum atomic E-state index is -3.17. The standard InChI is InChI=1S/C19H39NO6/c1-2-3-4-5-6-7-8-9-10-11-12-13-14-18(23,17(20)22)16(21)15-19(24,25)26/h16,21,23-26H,2-15H2,1H3,(H2,20,22). The van der Waals surface area contributed by atoms with E-state index in [1.165, 1.54) is 51.4 Å². The number of hydrogen-bond donors (Lipinski definition) is 6. The fraction of sp³-hybridized carbons (Fsp3) is 0.947. The Kier molecular flexibility index (Phi) is 13.1. The van der Waals surface area contributed by atoms with Crippen LogP contribution in [0.1, 0.15) is 96.8 Å². The van der Waals surface area contributed by atoms with E-state index >= 15 is 0 Å². The molecule has 26 heavy (non-hydrogen) atoms.